The maximum Gasteiger partial charge on any atom is 0.247 e. The van der Waals surface area contributed by atoms with Crippen molar-refractivity contribution in [3.8, 4) is 11.5 Å². The van der Waals surface area contributed by atoms with Gasteiger partial charge in [-0.1, -0.05) is 48.7 Å². The molecule has 10 heteroatoms. The highest BCUT2D eigenvalue weighted by Crippen LogP contribution is 2.38. The molecule has 1 N–H and O–H groups in total. The molecule has 1 aliphatic carbocycles. The van der Waals surface area contributed by atoms with Crippen molar-refractivity contribution < 1.29 is 23.8 Å². The number of methoxy groups -OCH3 is 2. The molecule has 0 radical (unpaired) electrons. The van der Waals surface area contributed by atoms with E-state index in [9.17, 15) is 9.59 Å². The number of hydrogen-bond acceptors (Lipinski definition) is 7. The zero-order valence-corrected chi connectivity index (χ0v) is 23.1. The summed E-state index contributed by atoms with van der Waals surface area (Å²) in [6.45, 7) is 3.23. The summed E-state index contributed by atoms with van der Waals surface area (Å²) in [6.07, 6.45) is 5.75. The standard InChI is InChI=1S/C29H39N5O5/c1-4-39-19-11-18-33(26(35)20-34-24-16-9-8-15-23(24)31-32-34)27(29(36)30-21-12-6-5-7-13-21)22-14-10-17-25(37-2)28(22)38-3/h8-10,14-17,21,27H,4-7,11-13,18-20H2,1-3H3,(H,30,36). The molecule has 1 heterocycles. The largest absolute Gasteiger partial charge is 0.493 e. The second kappa shape index (κ2) is 13.9. The molecule has 1 fully saturated rings. The lowest BCUT2D eigenvalue weighted by molar-refractivity contribution is -0.142. The van der Waals surface area contributed by atoms with Crippen molar-refractivity contribution in [3.63, 3.8) is 0 Å². The highest BCUT2D eigenvalue weighted by Gasteiger charge is 2.35. The molecule has 0 aliphatic heterocycles. The number of hydrogen-bond donors (Lipinski definition) is 1. The van der Waals surface area contributed by atoms with E-state index in [0.29, 0.717) is 48.8 Å². The van der Waals surface area contributed by atoms with E-state index in [1.165, 1.54) is 6.42 Å². The summed E-state index contributed by atoms with van der Waals surface area (Å²) in [5.74, 6) is 0.435. The number of carbonyl (C=O) groups is 2. The van der Waals surface area contributed by atoms with Crippen molar-refractivity contribution in [1.82, 2.24) is 25.2 Å². The van der Waals surface area contributed by atoms with E-state index in [2.05, 4.69) is 15.6 Å². The summed E-state index contributed by atoms with van der Waals surface area (Å²) in [5, 5.41) is 11.6. The Balaban J connectivity index is 1.72. The molecule has 0 bridgehead atoms. The third-order valence-corrected chi connectivity index (χ3v) is 7.16. The fourth-order valence-corrected chi connectivity index (χ4v) is 5.24. The fourth-order valence-electron chi connectivity index (χ4n) is 5.24. The number of amides is 2. The van der Waals surface area contributed by atoms with Crippen molar-refractivity contribution in [1.29, 1.82) is 0 Å². The summed E-state index contributed by atoms with van der Waals surface area (Å²) in [5.41, 5.74) is 2.02. The van der Waals surface area contributed by atoms with Crippen LogP contribution in [-0.2, 0) is 20.9 Å². The number of carbonyl (C=O) groups excluding carboxylic acids is 2. The molecule has 210 valence electrons. The number of aromatic nitrogens is 3. The lowest BCUT2D eigenvalue weighted by Gasteiger charge is -2.34. The first-order valence-corrected chi connectivity index (χ1v) is 13.7. The molecular weight excluding hydrogens is 498 g/mol. The number of rotatable bonds is 13. The van der Waals surface area contributed by atoms with Gasteiger partial charge in [-0.05, 0) is 44.4 Å². The van der Waals surface area contributed by atoms with Gasteiger partial charge in [0.15, 0.2) is 11.5 Å². The Morgan fingerprint density at radius 1 is 1.08 bits per heavy atom. The van der Waals surface area contributed by atoms with Crippen LogP contribution in [-0.4, -0.2) is 71.7 Å². The SMILES string of the molecule is CCOCCCN(C(=O)Cn1nnc2ccccc21)C(C(=O)NC1CCCCC1)c1cccc(OC)c1OC. The molecular formula is C29H39N5O5. The van der Waals surface area contributed by atoms with E-state index in [4.69, 9.17) is 14.2 Å². The Morgan fingerprint density at radius 3 is 2.62 bits per heavy atom. The number of benzene rings is 2. The lowest BCUT2D eigenvalue weighted by atomic mass is 9.94. The van der Waals surface area contributed by atoms with Crippen molar-refractivity contribution in [2.45, 2.75) is 64.1 Å². The molecule has 1 saturated carbocycles. The van der Waals surface area contributed by atoms with Crippen molar-refractivity contribution in [2.75, 3.05) is 34.0 Å². The molecule has 10 nitrogen and oxygen atoms in total. The number of nitrogens with zero attached hydrogens (tertiary/aromatic N) is 4. The summed E-state index contributed by atoms with van der Waals surface area (Å²) in [7, 11) is 3.10. The van der Waals surface area contributed by atoms with Gasteiger partial charge in [-0.15, -0.1) is 5.10 Å². The van der Waals surface area contributed by atoms with Crippen LogP contribution >= 0.6 is 0 Å². The van der Waals surface area contributed by atoms with E-state index in [-0.39, 0.29) is 24.4 Å². The number of ether oxygens (including phenoxy) is 3. The molecule has 3 aromatic rings. The van der Waals surface area contributed by atoms with Gasteiger partial charge in [-0.2, -0.15) is 0 Å². The second-order valence-electron chi connectivity index (χ2n) is 9.70. The smallest absolute Gasteiger partial charge is 0.247 e. The quantitative estimate of drug-likeness (QED) is 0.330. The maximum atomic E-state index is 14.1. The summed E-state index contributed by atoms with van der Waals surface area (Å²) >= 11 is 0. The fraction of sp³-hybridized carbons (Fsp3) is 0.517. The van der Waals surface area contributed by atoms with Crippen molar-refractivity contribution in [2.24, 2.45) is 0 Å². The van der Waals surface area contributed by atoms with Gasteiger partial charge in [0.2, 0.25) is 11.8 Å². The highest BCUT2D eigenvalue weighted by molar-refractivity contribution is 5.90. The Morgan fingerprint density at radius 2 is 1.87 bits per heavy atom. The van der Waals surface area contributed by atoms with E-state index in [1.807, 2.05) is 43.3 Å². The number of para-hydroxylation sites is 2. The predicted octanol–water partition coefficient (Wildman–Crippen LogP) is 3.89. The lowest BCUT2D eigenvalue weighted by Crippen LogP contribution is -2.48. The first kappa shape index (κ1) is 28.4. The van der Waals surface area contributed by atoms with Crippen LogP contribution in [0.2, 0.25) is 0 Å². The Bertz CT molecular complexity index is 1240. The molecule has 1 unspecified atom stereocenters. The summed E-state index contributed by atoms with van der Waals surface area (Å²) in [6, 6.07) is 12.0. The van der Waals surface area contributed by atoms with Crippen LogP contribution in [0.1, 0.15) is 57.1 Å². The van der Waals surface area contributed by atoms with Crippen LogP contribution < -0.4 is 14.8 Å². The molecule has 1 aromatic heterocycles. The molecule has 1 aliphatic rings. The van der Waals surface area contributed by atoms with Gasteiger partial charge in [0, 0.05) is 31.4 Å². The number of fused-ring (bicyclic) bond motifs is 1. The monoisotopic (exact) mass is 537 g/mol. The van der Waals surface area contributed by atoms with E-state index in [1.54, 1.807) is 29.9 Å². The van der Waals surface area contributed by atoms with Gasteiger partial charge in [-0.25, -0.2) is 4.68 Å². The second-order valence-corrected chi connectivity index (χ2v) is 9.70. The summed E-state index contributed by atoms with van der Waals surface area (Å²) in [4.78, 5) is 29.7. The van der Waals surface area contributed by atoms with Gasteiger partial charge in [0.05, 0.1) is 19.7 Å². The molecule has 39 heavy (non-hydrogen) atoms. The van der Waals surface area contributed by atoms with Crippen LogP contribution in [0.3, 0.4) is 0 Å². The predicted molar refractivity (Wildman–Crippen MR) is 148 cm³/mol. The van der Waals surface area contributed by atoms with E-state index in [0.717, 1.165) is 31.2 Å². The topological polar surface area (TPSA) is 108 Å². The summed E-state index contributed by atoms with van der Waals surface area (Å²) < 4.78 is 18.4. The molecule has 4 rings (SSSR count). The van der Waals surface area contributed by atoms with Crippen LogP contribution in [0.15, 0.2) is 42.5 Å². The molecule has 0 saturated heterocycles. The zero-order valence-electron chi connectivity index (χ0n) is 23.1. The normalized spacial score (nSPS) is 14.6. The first-order chi connectivity index (χ1) is 19.1. The van der Waals surface area contributed by atoms with Gasteiger partial charge >= 0.3 is 0 Å². The van der Waals surface area contributed by atoms with Crippen molar-refractivity contribution >= 4 is 22.8 Å². The average Bonchev–Trinajstić information content (AvgIpc) is 3.37. The van der Waals surface area contributed by atoms with Gasteiger partial charge in [-0.3, -0.25) is 9.59 Å². The van der Waals surface area contributed by atoms with Gasteiger partial charge in [0.1, 0.15) is 18.1 Å². The average molecular weight is 538 g/mol. The molecule has 2 amide bonds. The van der Waals surface area contributed by atoms with Crippen LogP contribution in [0.4, 0.5) is 0 Å². The Kier molecular flexibility index (Phi) is 10.1. The van der Waals surface area contributed by atoms with Crippen LogP contribution in [0, 0.1) is 0 Å². The van der Waals surface area contributed by atoms with Crippen LogP contribution in [0.25, 0.3) is 11.0 Å². The Labute approximate surface area is 229 Å². The minimum atomic E-state index is -0.930. The third-order valence-electron chi connectivity index (χ3n) is 7.16. The first-order valence-electron chi connectivity index (χ1n) is 13.7. The van der Waals surface area contributed by atoms with E-state index >= 15 is 0 Å². The van der Waals surface area contributed by atoms with E-state index < -0.39 is 6.04 Å². The van der Waals surface area contributed by atoms with Gasteiger partial charge < -0.3 is 24.4 Å². The number of nitrogens with one attached hydrogen (secondary N) is 1. The zero-order chi connectivity index (χ0) is 27.6. The minimum absolute atomic E-state index is 0.0609. The maximum absolute atomic E-state index is 14.1. The van der Waals surface area contributed by atoms with Crippen LogP contribution in [0.5, 0.6) is 11.5 Å². The molecule has 2 aromatic carbocycles. The van der Waals surface area contributed by atoms with Gasteiger partial charge in [0.25, 0.3) is 0 Å². The highest BCUT2D eigenvalue weighted by atomic mass is 16.5. The molecule has 0 spiro atoms. The minimum Gasteiger partial charge on any atom is -0.493 e. The third kappa shape index (κ3) is 6.86. The van der Waals surface area contributed by atoms with Crippen molar-refractivity contribution in [3.05, 3.63) is 48.0 Å². The molecule has 1 atom stereocenters. The Hall–Kier alpha value is -3.66.